The van der Waals surface area contributed by atoms with E-state index in [9.17, 15) is 0 Å². The molecule has 0 saturated carbocycles. The highest BCUT2D eigenvalue weighted by atomic mass is 79.9. The van der Waals surface area contributed by atoms with Gasteiger partial charge in [-0.1, -0.05) is 34.1 Å². The monoisotopic (exact) mass is 265 g/mol. The molecule has 0 spiro atoms. The summed E-state index contributed by atoms with van der Waals surface area (Å²) in [6.07, 6.45) is 1.69. The van der Waals surface area contributed by atoms with E-state index >= 15 is 0 Å². The molecular formula is C11H12BrN3. The fourth-order valence-electron chi connectivity index (χ4n) is 1.41. The molecule has 0 atom stereocenters. The molecule has 0 radical (unpaired) electrons. The maximum Gasteiger partial charge on any atom is 0.0730 e. The molecule has 0 aliphatic rings. The summed E-state index contributed by atoms with van der Waals surface area (Å²) < 4.78 is 2.99. The molecule has 2 N–H and O–H groups in total. The maximum absolute atomic E-state index is 5.74. The second-order valence-corrected chi connectivity index (χ2v) is 4.29. The second kappa shape index (κ2) is 4.06. The van der Waals surface area contributed by atoms with Crippen molar-refractivity contribution in [3.63, 3.8) is 0 Å². The van der Waals surface area contributed by atoms with Gasteiger partial charge in [-0.05, 0) is 18.6 Å². The summed E-state index contributed by atoms with van der Waals surface area (Å²) in [7, 11) is 0. The lowest BCUT2D eigenvalue weighted by Gasteiger charge is -2.06. The Balaban J connectivity index is 2.30. The average molecular weight is 266 g/mol. The lowest BCUT2D eigenvalue weighted by molar-refractivity contribution is 0.664. The first-order valence-electron chi connectivity index (χ1n) is 4.70. The molecule has 0 unspecified atom stereocenters. The standard InChI is InChI=1S/C11H12BrN3/c1-8-11(13)6-14-15(8)7-9-4-2-3-5-10(9)12/h2-6H,7,13H2,1H3. The van der Waals surface area contributed by atoms with E-state index in [1.54, 1.807) is 6.20 Å². The number of anilines is 1. The summed E-state index contributed by atoms with van der Waals surface area (Å²) in [6, 6.07) is 8.11. The van der Waals surface area contributed by atoms with Crippen molar-refractivity contribution in [3.8, 4) is 0 Å². The molecule has 0 aliphatic carbocycles. The van der Waals surface area contributed by atoms with Crippen LogP contribution in [0, 0.1) is 6.92 Å². The van der Waals surface area contributed by atoms with Crippen LogP contribution in [0.1, 0.15) is 11.3 Å². The van der Waals surface area contributed by atoms with Gasteiger partial charge in [-0.25, -0.2) is 0 Å². The number of benzene rings is 1. The topological polar surface area (TPSA) is 43.8 Å². The van der Waals surface area contributed by atoms with Gasteiger partial charge in [0, 0.05) is 4.47 Å². The van der Waals surface area contributed by atoms with Gasteiger partial charge in [-0.2, -0.15) is 5.10 Å². The molecule has 1 aromatic heterocycles. The second-order valence-electron chi connectivity index (χ2n) is 3.43. The third kappa shape index (κ3) is 2.04. The fourth-order valence-corrected chi connectivity index (χ4v) is 1.82. The van der Waals surface area contributed by atoms with E-state index in [2.05, 4.69) is 27.1 Å². The summed E-state index contributed by atoms with van der Waals surface area (Å²) in [5.41, 5.74) is 8.68. The first kappa shape index (κ1) is 10.2. The zero-order valence-corrected chi connectivity index (χ0v) is 10.0. The number of nitrogens with zero attached hydrogens (tertiary/aromatic N) is 2. The van der Waals surface area contributed by atoms with Crippen molar-refractivity contribution in [2.75, 3.05) is 5.73 Å². The quantitative estimate of drug-likeness (QED) is 0.907. The third-order valence-corrected chi connectivity index (χ3v) is 3.19. The Morgan fingerprint density at radius 1 is 1.40 bits per heavy atom. The van der Waals surface area contributed by atoms with Gasteiger partial charge in [-0.3, -0.25) is 4.68 Å². The summed E-state index contributed by atoms with van der Waals surface area (Å²) in [5, 5.41) is 4.22. The molecule has 15 heavy (non-hydrogen) atoms. The molecular weight excluding hydrogens is 254 g/mol. The number of halogens is 1. The van der Waals surface area contributed by atoms with Gasteiger partial charge >= 0.3 is 0 Å². The van der Waals surface area contributed by atoms with Gasteiger partial charge in [-0.15, -0.1) is 0 Å². The summed E-state index contributed by atoms with van der Waals surface area (Å²) in [5.74, 6) is 0. The van der Waals surface area contributed by atoms with Crippen molar-refractivity contribution in [3.05, 3.63) is 46.2 Å². The number of nitrogen functional groups attached to an aromatic ring is 1. The van der Waals surface area contributed by atoms with Crippen LogP contribution in [0.25, 0.3) is 0 Å². The molecule has 0 fully saturated rings. The lowest BCUT2D eigenvalue weighted by Crippen LogP contribution is -2.04. The van der Waals surface area contributed by atoms with Crippen molar-refractivity contribution in [1.82, 2.24) is 9.78 Å². The van der Waals surface area contributed by atoms with Crippen LogP contribution in [-0.2, 0) is 6.54 Å². The van der Waals surface area contributed by atoms with Gasteiger partial charge in [0.05, 0.1) is 24.1 Å². The van der Waals surface area contributed by atoms with Crippen LogP contribution in [0.5, 0.6) is 0 Å². The third-order valence-electron chi connectivity index (χ3n) is 2.42. The fraction of sp³-hybridized carbons (Fsp3) is 0.182. The minimum Gasteiger partial charge on any atom is -0.396 e. The Kier molecular flexibility index (Phi) is 2.77. The molecule has 2 rings (SSSR count). The van der Waals surface area contributed by atoms with Gasteiger partial charge < -0.3 is 5.73 Å². The SMILES string of the molecule is Cc1c(N)cnn1Cc1ccccc1Br. The Labute approximate surface area is 97.0 Å². The molecule has 78 valence electrons. The molecule has 2 aromatic rings. The van der Waals surface area contributed by atoms with Crippen LogP contribution in [0.2, 0.25) is 0 Å². The van der Waals surface area contributed by atoms with E-state index in [0.717, 1.165) is 22.4 Å². The van der Waals surface area contributed by atoms with Crippen LogP contribution < -0.4 is 5.73 Å². The highest BCUT2D eigenvalue weighted by Gasteiger charge is 2.05. The first-order chi connectivity index (χ1) is 7.18. The predicted molar refractivity (Wildman–Crippen MR) is 64.6 cm³/mol. The smallest absolute Gasteiger partial charge is 0.0730 e. The number of nitrogens with two attached hydrogens (primary N) is 1. The van der Waals surface area contributed by atoms with E-state index < -0.39 is 0 Å². The summed E-state index contributed by atoms with van der Waals surface area (Å²) in [4.78, 5) is 0. The zero-order chi connectivity index (χ0) is 10.8. The van der Waals surface area contributed by atoms with E-state index in [0.29, 0.717) is 0 Å². The van der Waals surface area contributed by atoms with Crippen molar-refractivity contribution >= 4 is 21.6 Å². The van der Waals surface area contributed by atoms with Gasteiger partial charge in [0.2, 0.25) is 0 Å². The van der Waals surface area contributed by atoms with Crippen LogP contribution >= 0.6 is 15.9 Å². The molecule has 1 aromatic carbocycles. The van der Waals surface area contributed by atoms with Crippen molar-refractivity contribution in [2.45, 2.75) is 13.5 Å². The minimum atomic E-state index is 0.738. The van der Waals surface area contributed by atoms with Gasteiger partial charge in [0.1, 0.15) is 0 Å². The zero-order valence-electron chi connectivity index (χ0n) is 8.44. The number of rotatable bonds is 2. The largest absolute Gasteiger partial charge is 0.396 e. The van der Waals surface area contributed by atoms with E-state index in [-0.39, 0.29) is 0 Å². The maximum atomic E-state index is 5.74. The van der Waals surface area contributed by atoms with Gasteiger partial charge in [0.25, 0.3) is 0 Å². The van der Waals surface area contributed by atoms with Crippen LogP contribution in [0.4, 0.5) is 5.69 Å². The molecule has 4 heteroatoms. The Morgan fingerprint density at radius 3 is 2.73 bits per heavy atom. The minimum absolute atomic E-state index is 0.738. The summed E-state index contributed by atoms with van der Waals surface area (Å²) >= 11 is 3.51. The van der Waals surface area contributed by atoms with Gasteiger partial charge in [0.15, 0.2) is 0 Å². The highest BCUT2D eigenvalue weighted by molar-refractivity contribution is 9.10. The molecule has 0 amide bonds. The van der Waals surface area contributed by atoms with Crippen molar-refractivity contribution in [2.24, 2.45) is 0 Å². The lowest BCUT2D eigenvalue weighted by atomic mass is 10.2. The van der Waals surface area contributed by atoms with Crippen LogP contribution in [0.3, 0.4) is 0 Å². The number of aromatic nitrogens is 2. The van der Waals surface area contributed by atoms with Crippen LogP contribution in [-0.4, -0.2) is 9.78 Å². The van der Waals surface area contributed by atoms with Crippen LogP contribution in [0.15, 0.2) is 34.9 Å². The van der Waals surface area contributed by atoms with E-state index in [1.165, 1.54) is 5.56 Å². The van der Waals surface area contributed by atoms with Crippen molar-refractivity contribution in [1.29, 1.82) is 0 Å². The Bertz CT molecular complexity index is 476. The Hall–Kier alpha value is -1.29. The Morgan fingerprint density at radius 2 is 2.13 bits per heavy atom. The highest BCUT2D eigenvalue weighted by Crippen LogP contribution is 2.18. The molecule has 0 saturated heterocycles. The molecule has 1 heterocycles. The predicted octanol–water partition coefficient (Wildman–Crippen LogP) is 2.58. The number of hydrogen-bond acceptors (Lipinski definition) is 2. The molecule has 3 nitrogen and oxygen atoms in total. The summed E-state index contributed by atoms with van der Waals surface area (Å²) in [6.45, 7) is 2.71. The van der Waals surface area contributed by atoms with Crippen molar-refractivity contribution < 1.29 is 0 Å². The average Bonchev–Trinajstić information content (AvgIpc) is 2.53. The molecule has 0 bridgehead atoms. The van der Waals surface area contributed by atoms with E-state index in [4.69, 9.17) is 5.73 Å². The molecule has 0 aliphatic heterocycles. The number of hydrogen-bond donors (Lipinski definition) is 1. The first-order valence-corrected chi connectivity index (χ1v) is 5.49. The van der Waals surface area contributed by atoms with E-state index in [1.807, 2.05) is 29.8 Å². The normalized spacial score (nSPS) is 10.5.